The number of nitrogens with zero attached hydrogens (tertiary/aromatic N) is 1. The fraction of sp³-hybridized carbons (Fsp3) is 0.333. The molecule has 0 heterocycles. The third-order valence-electron chi connectivity index (χ3n) is 4.12. The number of hydrogen-bond acceptors (Lipinski definition) is 3. The lowest BCUT2D eigenvalue weighted by Crippen LogP contribution is -2.41. The maximum Gasteiger partial charge on any atom is 0.416 e. The molecule has 31 heavy (non-hydrogen) atoms. The van der Waals surface area contributed by atoms with Gasteiger partial charge in [0.25, 0.3) is 5.91 Å². The fourth-order valence-corrected chi connectivity index (χ4v) is 2.62. The highest BCUT2D eigenvalue weighted by atomic mass is 127. The molecule has 6 nitrogen and oxygen atoms in total. The second kappa shape index (κ2) is 13.0. The molecule has 1 amide bonds. The molecule has 0 bridgehead atoms. The summed E-state index contributed by atoms with van der Waals surface area (Å²) in [7, 11) is 1.63. The van der Waals surface area contributed by atoms with Gasteiger partial charge in [-0.2, -0.15) is 13.2 Å². The maximum atomic E-state index is 12.6. The molecule has 170 valence electrons. The highest BCUT2D eigenvalue weighted by molar-refractivity contribution is 14.0. The summed E-state index contributed by atoms with van der Waals surface area (Å²) >= 11 is 0. The van der Waals surface area contributed by atoms with Crippen LogP contribution in [0.4, 0.5) is 13.2 Å². The quantitative estimate of drug-likeness (QED) is 0.202. The first-order chi connectivity index (χ1) is 14.3. The molecule has 2 aromatic rings. The monoisotopic (exact) mass is 550 g/mol. The molecule has 0 aliphatic carbocycles. The lowest BCUT2D eigenvalue weighted by molar-refractivity contribution is -0.137. The average Bonchev–Trinajstić information content (AvgIpc) is 2.73. The number of aliphatic imine (C=N–C) groups is 1. The molecular formula is C21H26F3IN4O2. The van der Waals surface area contributed by atoms with E-state index in [0.717, 1.165) is 35.6 Å². The van der Waals surface area contributed by atoms with Gasteiger partial charge in [-0.15, -0.1) is 24.0 Å². The number of carbonyl (C=O) groups excluding carboxylic acids is 1. The van der Waals surface area contributed by atoms with Crippen molar-refractivity contribution in [3.63, 3.8) is 0 Å². The van der Waals surface area contributed by atoms with Crippen LogP contribution in [0.3, 0.4) is 0 Å². The average molecular weight is 550 g/mol. The molecule has 0 aliphatic heterocycles. The molecule has 0 atom stereocenters. The fourth-order valence-electron chi connectivity index (χ4n) is 2.62. The predicted octanol–water partition coefficient (Wildman–Crippen LogP) is 3.82. The summed E-state index contributed by atoms with van der Waals surface area (Å²) in [5.41, 5.74) is 0.359. The smallest absolute Gasteiger partial charge is 0.416 e. The molecule has 0 aromatic heterocycles. The number of alkyl halides is 3. The molecule has 10 heteroatoms. The van der Waals surface area contributed by atoms with E-state index >= 15 is 0 Å². The lowest BCUT2D eigenvalue weighted by atomic mass is 10.1. The Morgan fingerprint density at radius 2 is 1.65 bits per heavy atom. The predicted molar refractivity (Wildman–Crippen MR) is 125 cm³/mol. The second-order valence-electron chi connectivity index (χ2n) is 6.22. The van der Waals surface area contributed by atoms with Gasteiger partial charge in [-0.05, 0) is 37.3 Å². The lowest BCUT2D eigenvalue weighted by Gasteiger charge is -2.14. The van der Waals surface area contributed by atoms with Gasteiger partial charge in [-0.1, -0.05) is 18.2 Å². The van der Waals surface area contributed by atoms with Gasteiger partial charge in [0, 0.05) is 37.8 Å². The number of nitrogens with one attached hydrogen (secondary N) is 3. The summed E-state index contributed by atoms with van der Waals surface area (Å²) in [4.78, 5) is 16.2. The first-order valence-electron chi connectivity index (χ1n) is 9.45. The van der Waals surface area contributed by atoms with Crippen molar-refractivity contribution in [3.8, 4) is 5.75 Å². The van der Waals surface area contributed by atoms with Crippen LogP contribution in [0.2, 0.25) is 0 Å². The molecule has 0 spiro atoms. The molecule has 0 radical (unpaired) electrons. The molecule has 0 unspecified atom stereocenters. The van der Waals surface area contributed by atoms with Crippen molar-refractivity contribution in [1.29, 1.82) is 0 Å². The first kappa shape index (κ1) is 26.5. The first-order valence-corrected chi connectivity index (χ1v) is 9.45. The molecule has 0 saturated heterocycles. The normalized spacial score (nSPS) is 11.3. The van der Waals surface area contributed by atoms with Crippen molar-refractivity contribution >= 4 is 35.8 Å². The molecule has 2 rings (SSSR count). The summed E-state index contributed by atoms with van der Waals surface area (Å²) < 4.78 is 43.3. The minimum atomic E-state index is -4.43. The molecule has 0 saturated carbocycles. The minimum Gasteiger partial charge on any atom is -0.494 e. The van der Waals surface area contributed by atoms with Gasteiger partial charge in [0.15, 0.2) is 5.96 Å². The van der Waals surface area contributed by atoms with Crippen LogP contribution in [0.5, 0.6) is 5.75 Å². The molecule has 0 fully saturated rings. The van der Waals surface area contributed by atoms with Crippen LogP contribution >= 0.6 is 24.0 Å². The molecular weight excluding hydrogens is 524 g/mol. The van der Waals surface area contributed by atoms with Crippen molar-refractivity contribution < 1.29 is 22.7 Å². The van der Waals surface area contributed by atoms with Crippen LogP contribution in [0.25, 0.3) is 0 Å². The minimum absolute atomic E-state index is 0. The summed E-state index contributed by atoms with van der Waals surface area (Å²) in [6, 6.07) is 11.8. The Kier molecular flexibility index (Phi) is 11.2. The Balaban J connectivity index is 0.00000480. The molecule has 0 aliphatic rings. The number of hydrogen-bond donors (Lipinski definition) is 3. The standard InChI is InChI=1S/C21H25F3N4O2.HI/c1-3-30-18-7-5-4-6-16(18)14-28-20(25-2)27-13-12-26-19(29)15-8-10-17(11-9-15)21(22,23)24;/h4-11H,3,12-14H2,1-2H3,(H,26,29)(H2,25,27,28);1H. The summed E-state index contributed by atoms with van der Waals surface area (Å²) in [6.45, 7) is 3.66. The van der Waals surface area contributed by atoms with Gasteiger partial charge < -0.3 is 20.7 Å². The van der Waals surface area contributed by atoms with E-state index in [1.807, 2.05) is 31.2 Å². The van der Waals surface area contributed by atoms with Crippen LogP contribution in [0, 0.1) is 0 Å². The van der Waals surface area contributed by atoms with Gasteiger partial charge in [0.1, 0.15) is 5.75 Å². The van der Waals surface area contributed by atoms with E-state index < -0.39 is 17.6 Å². The van der Waals surface area contributed by atoms with Crippen molar-refractivity contribution in [1.82, 2.24) is 16.0 Å². The van der Waals surface area contributed by atoms with Crippen molar-refractivity contribution in [2.45, 2.75) is 19.6 Å². The van der Waals surface area contributed by atoms with Crippen molar-refractivity contribution in [2.24, 2.45) is 4.99 Å². The number of rotatable bonds is 8. The number of carbonyl (C=O) groups is 1. The Hall–Kier alpha value is -2.50. The van der Waals surface area contributed by atoms with E-state index in [0.29, 0.717) is 25.7 Å². The Labute approximate surface area is 196 Å². The van der Waals surface area contributed by atoms with E-state index in [2.05, 4.69) is 20.9 Å². The highest BCUT2D eigenvalue weighted by Gasteiger charge is 2.30. The van der Waals surface area contributed by atoms with Gasteiger partial charge in [-0.3, -0.25) is 9.79 Å². The van der Waals surface area contributed by atoms with Gasteiger partial charge >= 0.3 is 6.18 Å². The number of guanidine groups is 1. The van der Waals surface area contributed by atoms with Crippen LogP contribution in [0.1, 0.15) is 28.4 Å². The Morgan fingerprint density at radius 1 is 1.00 bits per heavy atom. The Bertz CT molecular complexity index is 858. The van der Waals surface area contributed by atoms with Gasteiger partial charge in [0.05, 0.1) is 12.2 Å². The number of ether oxygens (including phenoxy) is 1. The topological polar surface area (TPSA) is 74.8 Å². The zero-order valence-corrected chi connectivity index (χ0v) is 19.6. The van der Waals surface area contributed by atoms with Crippen LogP contribution in [0.15, 0.2) is 53.5 Å². The second-order valence-corrected chi connectivity index (χ2v) is 6.22. The largest absolute Gasteiger partial charge is 0.494 e. The van der Waals surface area contributed by atoms with Crippen LogP contribution < -0.4 is 20.7 Å². The number of amides is 1. The molecule has 2 aromatic carbocycles. The number of para-hydroxylation sites is 1. The van der Waals surface area contributed by atoms with E-state index in [-0.39, 0.29) is 36.1 Å². The summed E-state index contributed by atoms with van der Waals surface area (Å²) in [5, 5.41) is 8.88. The van der Waals surface area contributed by atoms with E-state index in [1.54, 1.807) is 7.05 Å². The molecule has 3 N–H and O–H groups in total. The van der Waals surface area contributed by atoms with Gasteiger partial charge in [-0.25, -0.2) is 0 Å². The maximum absolute atomic E-state index is 12.6. The third kappa shape index (κ3) is 8.64. The summed E-state index contributed by atoms with van der Waals surface area (Å²) in [6.07, 6.45) is -4.43. The SMILES string of the molecule is CCOc1ccccc1CNC(=NC)NCCNC(=O)c1ccc(C(F)(F)F)cc1.I. The highest BCUT2D eigenvalue weighted by Crippen LogP contribution is 2.29. The summed E-state index contributed by atoms with van der Waals surface area (Å²) in [5.74, 6) is 0.899. The van der Waals surface area contributed by atoms with Crippen molar-refractivity contribution in [2.75, 3.05) is 26.7 Å². The zero-order valence-electron chi connectivity index (χ0n) is 17.3. The number of benzene rings is 2. The van der Waals surface area contributed by atoms with E-state index in [1.165, 1.54) is 0 Å². The van der Waals surface area contributed by atoms with Crippen molar-refractivity contribution in [3.05, 3.63) is 65.2 Å². The Morgan fingerprint density at radius 3 is 2.26 bits per heavy atom. The zero-order chi connectivity index (χ0) is 22.0. The number of halogens is 4. The van der Waals surface area contributed by atoms with Gasteiger partial charge in [0.2, 0.25) is 0 Å². The van der Waals surface area contributed by atoms with Crippen LogP contribution in [-0.4, -0.2) is 38.6 Å². The van der Waals surface area contributed by atoms with E-state index in [9.17, 15) is 18.0 Å². The third-order valence-corrected chi connectivity index (χ3v) is 4.12. The van der Waals surface area contributed by atoms with Crippen LogP contribution in [-0.2, 0) is 12.7 Å². The van der Waals surface area contributed by atoms with E-state index in [4.69, 9.17) is 4.74 Å².